The van der Waals surface area contributed by atoms with E-state index in [2.05, 4.69) is 19.9 Å². The first-order chi connectivity index (χ1) is 10.9. The van der Waals surface area contributed by atoms with E-state index in [0.717, 1.165) is 32.1 Å². The van der Waals surface area contributed by atoms with Gasteiger partial charge < -0.3 is 15.2 Å². The SMILES string of the molecule is C[C@@H]1Cc2cc(B(O)O)ccc2[C@H]2CC[C@]3(C)[C@@H](O)CC[C@H]3[C@H]12. The highest BCUT2D eigenvalue weighted by molar-refractivity contribution is 6.58. The van der Waals surface area contributed by atoms with Crippen LogP contribution in [0.5, 0.6) is 0 Å². The maximum Gasteiger partial charge on any atom is 0.488 e. The fourth-order valence-corrected chi connectivity index (χ4v) is 6.13. The van der Waals surface area contributed by atoms with E-state index in [-0.39, 0.29) is 11.5 Å². The average molecular weight is 314 g/mol. The molecule has 0 radical (unpaired) electrons. The lowest BCUT2D eigenvalue weighted by molar-refractivity contribution is -0.0356. The molecular formula is C19H27BO3. The number of benzene rings is 1. The fraction of sp³-hybridized carbons (Fsp3) is 0.684. The third kappa shape index (κ3) is 2.22. The summed E-state index contributed by atoms with van der Waals surface area (Å²) >= 11 is 0. The van der Waals surface area contributed by atoms with Crippen molar-refractivity contribution < 1.29 is 15.2 Å². The van der Waals surface area contributed by atoms with Crippen LogP contribution in [0.3, 0.4) is 0 Å². The van der Waals surface area contributed by atoms with Gasteiger partial charge in [-0.1, -0.05) is 32.0 Å². The molecule has 3 nitrogen and oxygen atoms in total. The van der Waals surface area contributed by atoms with Crippen molar-refractivity contribution in [3.63, 3.8) is 0 Å². The normalized spacial score (nSPS) is 41.9. The summed E-state index contributed by atoms with van der Waals surface area (Å²) in [5.41, 5.74) is 3.42. The Morgan fingerprint density at radius 2 is 1.96 bits per heavy atom. The number of aliphatic hydroxyl groups excluding tert-OH is 1. The Morgan fingerprint density at radius 1 is 1.17 bits per heavy atom. The predicted molar refractivity (Wildman–Crippen MR) is 91.4 cm³/mol. The molecule has 1 aromatic rings. The Morgan fingerprint density at radius 3 is 2.70 bits per heavy atom. The second-order valence-electron chi connectivity index (χ2n) is 8.44. The van der Waals surface area contributed by atoms with E-state index in [1.54, 1.807) is 0 Å². The highest BCUT2D eigenvalue weighted by Gasteiger charge is 2.55. The van der Waals surface area contributed by atoms with Crippen molar-refractivity contribution in [2.45, 2.75) is 58.0 Å². The van der Waals surface area contributed by atoms with Crippen LogP contribution in [0.1, 0.15) is 56.6 Å². The predicted octanol–water partition coefficient (Wildman–Crippen LogP) is 1.83. The average Bonchev–Trinajstić information content (AvgIpc) is 2.82. The molecular weight excluding hydrogens is 287 g/mol. The Hall–Kier alpha value is -0.835. The van der Waals surface area contributed by atoms with E-state index in [1.807, 2.05) is 12.1 Å². The molecule has 1 aromatic carbocycles. The van der Waals surface area contributed by atoms with E-state index in [9.17, 15) is 15.2 Å². The molecule has 4 heteroatoms. The lowest BCUT2D eigenvalue weighted by Gasteiger charge is -2.52. The molecule has 0 bridgehead atoms. The summed E-state index contributed by atoms with van der Waals surface area (Å²) in [6, 6.07) is 5.99. The van der Waals surface area contributed by atoms with Gasteiger partial charge >= 0.3 is 7.12 Å². The Bertz CT molecular complexity index is 617. The van der Waals surface area contributed by atoms with Gasteiger partial charge in [-0.3, -0.25) is 0 Å². The number of hydrogen-bond acceptors (Lipinski definition) is 3. The van der Waals surface area contributed by atoms with E-state index < -0.39 is 7.12 Å². The molecule has 6 atom stereocenters. The number of fused-ring (bicyclic) bond motifs is 5. The molecule has 0 heterocycles. The van der Waals surface area contributed by atoms with E-state index >= 15 is 0 Å². The number of aliphatic hydroxyl groups is 1. The second-order valence-corrected chi connectivity index (χ2v) is 8.44. The van der Waals surface area contributed by atoms with Gasteiger partial charge in [0.15, 0.2) is 0 Å². The number of hydrogen-bond donors (Lipinski definition) is 3. The molecule has 0 spiro atoms. The van der Waals surface area contributed by atoms with Crippen molar-refractivity contribution in [2.75, 3.05) is 0 Å². The lowest BCUT2D eigenvalue weighted by Crippen LogP contribution is -2.47. The van der Waals surface area contributed by atoms with Crippen LogP contribution in [0.4, 0.5) is 0 Å². The van der Waals surface area contributed by atoms with Gasteiger partial charge in [0, 0.05) is 0 Å². The first-order valence-electron chi connectivity index (χ1n) is 9.08. The maximum absolute atomic E-state index is 10.5. The molecule has 0 amide bonds. The van der Waals surface area contributed by atoms with Gasteiger partial charge in [0.25, 0.3) is 0 Å². The van der Waals surface area contributed by atoms with Gasteiger partial charge in [0.2, 0.25) is 0 Å². The Kier molecular flexibility index (Phi) is 3.64. The zero-order chi connectivity index (χ0) is 16.4. The van der Waals surface area contributed by atoms with Gasteiger partial charge in [-0.25, -0.2) is 0 Å². The molecule has 3 aliphatic carbocycles. The summed E-state index contributed by atoms with van der Waals surface area (Å²) in [7, 11) is -1.38. The zero-order valence-corrected chi connectivity index (χ0v) is 14.1. The summed E-state index contributed by atoms with van der Waals surface area (Å²) in [5, 5.41) is 29.4. The van der Waals surface area contributed by atoms with Crippen LogP contribution in [0.25, 0.3) is 0 Å². The Balaban J connectivity index is 1.72. The largest absolute Gasteiger partial charge is 0.488 e. The van der Waals surface area contributed by atoms with Gasteiger partial charge in [0.1, 0.15) is 0 Å². The summed E-state index contributed by atoms with van der Waals surface area (Å²) in [4.78, 5) is 0. The van der Waals surface area contributed by atoms with Gasteiger partial charge in [-0.2, -0.15) is 0 Å². The molecule has 124 valence electrons. The van der Waals surface area contributed by atoms with Crippen LogP contribution in [0, 0.1) is 23.2 Å². The molecule has 0 saturated heterocycles. The molecule has 23 heavy (non-hydrogen) atoms. The maximum atomic E-state index is 10.5. The standard InChI is InChI=1S/C19H27BO3/c1-11-9-12-10-13(20(22)23)3-4-14(12)15-7-8-19(2)16(18(11)15)5-6-17(19)21/h3-4,10-11,15-18,21-23H,5-9H2,1-2H3/t11-,15-,16+,17+,18-,19+/m1/s1. The summed E-state index contributed by atoms with van der Waals surface area (Å²) in [6.45, 7) is 4.65. The number of rotatable bonds is 1. The van der Waals surface area contributed by atoms with E-state index in [0.29, 0.717) is 29.1 Å². The molecule has 0 unspecified atom stereocenters. The fourth-order valence-electron chi connectivity index (χ4n) is 6.13. The molecule has 4 rings (SSSR count). The molecule has 2 fully saturated rings. The van der Waals surface area contributed by atoms with Crippen molar-refractivity contribution >= 4 is 12.6 Å². The minimum atomic E-state index is -1.38. The monoisotopic (exact) mass is 314 g/mol. The van der Waals surface area contributed by atoms with Crippen molar-refractivity contribution in [2.24, 2.45) is 23.2 Å². The van der Waals surface area contributed by atoms with Crippen molar-refractivity contribution in [3.05, 3.63) is 29.3 Å². The van der Waals surface area contributed by atoms with Crippen molar-refractivity contribution in [1.29, 1.82) is 0 Å². The summed E-state index contributed by atoms with van der Waals surface area (Å²) in [6.07, 6.45) is 5.25. The highest BCUT2D eigenvalue weighted by atomic mass is 16.4. The smallest absolute Gasteiger partial charge is 0.423 e. The molecule has 3 aliphatic rings. The molecule has 0 aromatic heterocycles. The molecule has 3 N–H and O–H groups in total. The molecule has 2 saturated carbocycles. The van der Waals surface area contributed by atoms with Gasteiger partial charge in [0.05, 0.1) is 6.10 Å². The molecule has 0 aliphatic heterocycles. The third-order valence-corrected chi connectivity index (χ3v) is 7.35. The van der Waals surface area contributed by atoms with E-state index in [4.69, 9.17) is 0 Å². The lowest BCUT2D eigenvalue weighted by atomic mass is 9.52. The van der Waals surface area contributed by atoms with Crippen molar-refractivity contribution in [3.8, 4) is 0 Å². The second kappa shape index (κ2) is 5.33. The van der Waals surface area contributed by atoms with Gasteiger partial charge in [-0.05, 0) is 77.8 Å². The topological polar surface area (TPSA) is 60.7 Å². The zero-order valence-electron chi connectivity index (χ0n) is 14.1. The van der Waals surface area contributed by atoms with Crippen LogP contribution in [-0.2, 0) is 6.42 Å². The van der Waals surface area contributed by atoms with Crippen LogP contribution in [0.15, 0.2) is 18.2 Å². The minimum Gasteiger partial charge on any atom is -0.423 e. The van der Waals surface area contributed by atoms with Crippen LogP contribution >= 0.6 is 0 Å². The third-order valence-electron chi connectivity index (χ3n) is 7.35. The first-order valence-corrected chi connectivity index (χ1v) is 9.08. The highest BCUT2D eigenvalue weighted by Crippen LogP contribution is 2.61. The van der Waals surface area contributed by atoms with E-state index in [1.165, 1.54) is 11.1 Å². The van der Waals surface area contributed by atoms with Crippen molar-refractivity contribution in [1.82, 2.24) is 0 Å². The van der Waals surface area contributed by atoms with Crippen LogP contribution in [0.2, 0.25) is 0 Å². The summed E-state index contributed by atoms with van der Waals surface area (Å²) < 4.78 is 0. The van der Waals surface area contributed by atoms with Crippen LogP contribution in [-0.4, -0.2) is 28.4 Å². The summed E-state index contributed by atoms with van der Waals surface area (Å²) in [5.74, 6) is 2.45. The van der Waals surface area contributed by atoms with Crippen LogP contribution < -0.4 is 5.46 Å². The van der Waals surface area contributed by atoms with Gasteiger partial charge in [-0.15, -0.1) is 0 Å². The minimum absolute atomic E-state index is 0.105. The quantitative estimate of drug-likeness (QED) is 0.693. The first kappa shape index (κ1) is 15.7. The Labute approximate surface area is 138 Å².